The molecule has 10 heteroatoms. The number of ketones is 1. The van der Waals surface area contributed by atoms with Gasteiger partial charge in [-0.05, 0) is 53.9 Å². The van der Waals surface area contributed by atoms with Gasteiger partial charge in [0.15, 0.2) is 0 Å². The zero-order chi connectivity index (χ0) is 27.2. The Morgan fingerprint density at radius 3 is 2.29 bits per heavy atom. The van der Waals surface area contributed by atoms with Crippen LogP contribution in [-0.2, 0) is 19.5 Å². The summed E-state index contributed by atoms with van der Waals surface area (Å²) in [5.74, 6) is -3.31. The van der Waals surface area contributed by atoms with Gasteiger partial charge in [0.2, 0.25) is 0 Å². The third-order valence-electron chi connectivity index (χ3n) is 6.48. The smallest absolute Gasteiger partial charge is 0.454 e. The Morgan fingerprint density at radius 1 is 0.842 bits per heavy atom. The molecule has 0 aliphatic rings. The SMILES string of the molecule is O=C(O)c1ccc2c(c1)c(C(=O)C(F)(F)F)cn2CCc1cn(Cc2ccc(Cl)cc2Cl)c2ccccc12. The molecule has 0 amide bonds. The van der Waals surface area contributed by atoms with Crippen molar-refractivity contribution in [3.63, 3.8) is 0 Å². The van der Waals surface area contributed by atoms with Crippen molar-refractivity contribution in [3.05, 3.63) is 105 Å². The molecule has 0 aliphatic carbocycles. The first-order valence-corrected chi connectivity index (χ1v) is 12.3. The lowest BCUT2D eigenvalue weighted by molar-refractivity contribution is -0.0884. The van der Waals surface area contributed by atoms with Crippen molar-refractivity contribution in [2.75, 3.05) is 0 Å². The number of aromatic carboxylic acids is 1. The van der Waals surface area contributed by atoms with Gasteiger partial charge >= 0.3 is 12.1 Å². The average Bonchev–Trinajstić information content (AvgIpc) is 3.41. The molecular formula is C28H19Cl2F3N2O3. The fourth-order valence-electron chi connectivity index (χ4n) is 4.68. The second-order valence-electron chi connectivity index (χ2n) is 8.89. The molecule has 0 saturated carbocycles. The van der Waals surface area contributed by atoms with Gasteiger partial charge in [0.1, 0.15) is 0 Å². The van der Waals surface area contributed by atoms with E-state index in [0.717, 1.165) is 34.3 Å². The van der Waals surface area contributed by atoms with Gasteiger partial charge in [-0.15, -0.1) is 0 Å². The first kappa shape index (κ1) is 25.9. The van der Waals surface area contributed by atoms with Crippen LogP contribution in [0.3, 0.4) is 0 Å². The summed E-state index contributed by atoms with van der Waals surface area (Å²) in [5.41, 5.74) is 2.37. The van der Waals surface area contributed by atoms with Crippen LogP contribution in [0, 0.1) is 0 Å². The summed E-state index contributed by atoms with van der Waals surface area (Å²) in [5, 5.41) is 11.3. The number of Topliss-reactive ketones (excluding diaryl/α,β-unsaturated/α-hetero) is 1. The van der Waals surface area contributed by atoms with Crippen LogP contribution in [0.5, 0.6) is 0 Å². The van der Waals surface area contributed by atoms with Crippen molar-refractivity contribution >= 4 is 56.8 Å². The van der Waals surface area contributed by atoms with Crippen LogP contribution in [0.2, 0.25) is 10.0 Å². The molecule has 194 valence electrons. The number of nitrogens with zero attached hydrogens (tertiary/aromatic N) is 2. The van der Waals surface area contributed by atoms with Crippen LogP contribution in [0.1, 0.15) is 31.8 Å². The van der Waals surface area contributed by atoms with Crippen molar-refractivity contribution in [2.45, 2.75) is 25.7 Å². The Kier molecular flexibility index (Phi) is 6.71. The summed E-state index contributed by atoms with van der Waals surface area (Å²) in [7, 11) is 0. The maximum Gasteiger partial charge on any atom is 0.454 e. The van der Waals surface area contributed by atoms with Crippen molar-refractivity contribution in [3.8, 4) is 0 Å². The monoisotopic (exact) mass is 558 g/mol. The first-order chi connectivity index (χ1) is 18.0. The fourth-order valence-corrected chi connectivity index (χ4v) is 5.14. The van der Waals surface area contributed by atoms with E-state index in [-0.39, 0.29) is 17.5 Å². The molecule has 38 heavy (non-hydrogen) atoms. The molecule has 0 aliphatic heterocycles. The predicted octanol–water partition coefficient (Wildman–Crippen LogP) is 7.64. The molecule has 0 unspecified atom stereocenters. The Balaban J connectivity index is 1.51. The summed E-state index contributed by atoms with van der Waals surface area (Å²) in [6, 6.07) is 16.9. The number of carbonyl (C=O) groups excluding carboxylic acids is 1. The maximum atomic E-state index is 13.3. The molecule has 0 spiro atoms. The molecule has 0 fully saturated rings. The van der Waals surface area contributed by atoms with Crippen LogP contribution < -0.4 is 0 Å². The number of halogens is 5. The van der Waals surface area contributed by atoms with Gasteiger partial charge in [-0.3, -0.25) is 4.79 Å². The van der Waals surface area contributed by atoms with E-state index < -0.39 is 23.5 Å². The van der Waals surface area contributed by atoms with E-state index >= 15 is 0 Å². The van der Waals surface area contributed by atoms with Gasteiger partial charge in [0.05, 0.1) is 11.1 Å². The predicted molar refractivity (Wildman–Crippen MR) is 140 cm³/mol. The highest BCUT2D eigenvalue weighted by Gasteiger charge is 2.41. The molecule has 5 aromatic rings. The lowest BCUT2D eigenvalue weighted by Gasteiger charge is -2.08. The number of benzene rings is 3. The molecule has 3 aromatic carbocycles. The van der Waals surface area contributed by atoms with Crippen molar-refractivity contribution in [1.29, 1.82) is 0 Å². The Labute approximate surface area is 224 Å². The molecular weight excluding hydrogens is 540 g/mol. The van der Waals surface area contributed by atoms with Gasteiger partial charge in [0.25, 0.3) is 5.78 Å². The van der Waals surface area contributed by atoms with Gasteiger partial charge < -0.3 is 14.2 Å². The van der Waals surface area contributed by atoms with Crippen LogP contribution >= 0.6 is 23.2 Å². The topological polar surface area (TPSA) is 64.2 Å². The summed E-state index contributed by atoms with van der Waals surface area (Å²) in [4.78, 5) is 23.5. The van der Waals surface area contributed by atoms with Crippen molar-refractivity contribution in [2.24, 2.45) is 0 Å². The highest BCUT2D eigenvalue weighted by molar-refractivity contribution is 6.35. The average molecular weight is 559 g/mol. The Hall–Kier alpha value is -3.75. The van der Waals surface area contributed by atoms with E-state index in [9.17, 15) is 27.9 Å². The van der Waals surface area contributed by atoms with Crippen LogP contribution in [-0.4, -0.2) is 32.2 Å². The molecule has 0 radical (unpaired) electrons. The number of aryl methyl sites for hydroxylation is 2. The first-order valence-electron chi connectivity index (χ1n) is 11.5. The van der Waals surface area contributed by atoms with Gasteiger partial charge in [-0.2, -0.15) is 13.2 Å². The number of fused-ring (bicyclic) bond motifs is 2. The number of carbonyl (C=O) groups is 2. The summed E-state index contributed by atoms with van der Waals surface area (Å²) in [6.45, 7) is 0.759. The maximum absolute atomic E-state index is 13.3. The van der Waals surface area contributed by atoms with Crippen molar-refractivity contribution < 1.29 is 27.9 Å². The molecule has 0 saturated heterocycles. The third kappa shape index (κ3) is 4.89. The van der Waals surface area contributed by atoms with Gasteiger partial charge in [-0.1, -0.05) is 47.5 Å². The van der Waals surface area contributed by atoms with E-state index in [1.165, 1.54) is 12.1 Å². The summed E-state index contributed by atoms with van der Waals surface area (Å²) >= 11 is 12.4. The fraction of sp³-hybridized carbons (Fsp3) is 0.143. The van der Waals surface area contributed by atoms with E-state index in [1.54, 1.807) is 16.7 Å². The molecule has 1 N–H and O–H groups in total. The third-order valence-corrected chi connectivity index (χ3v) is 7.07. The summed E-state index contributed by atoms with van der Waals surface area (Å²) in [6.07, 6.45) is -1.51. The van der Waals surface area contributed by atoms with Gasteiger partial charge in [0, 0.05) is 57.3 Å². The molecule has 2 aromatic heterocycles. The molecule has 2 heterocycles. The van der Waals surface area contributed by atoms with Crippen LogP contribution in [0.25, 0.3) is 21.8 Å². The molecule has 5 nitrogen and oxygen atoms in total. The van der Waals surface area contributed by atoms with Gasteiger partial charge in [-0.25, -0.2) is 4.79 Å². The zero-order valence-electron chi connectivity index (χ0n) is 19.6. The van der Waals surface area contributed by atoms with Crippen LogP contribution in [0.15, 0.2) is 73.1 Å². The number of aromatic nitrogens is 2. The Bertz CT molecular complexity index is 1720. The van der Waals surface area contributed by atoms with E-state index in [2.05, 4.69) is 0 Å². The number of rotatable bonds is 7. The number of hydrogen-bond acceptors (Lipinski definition) is 2. The largest absolute Gasteiger partial charge is 0.478 e. The second-order valence-corrected chi connectivity index (χ2v) is 9.73. The van der Waals surface area contributed by atoms with Crippen LogP contribution in [0.4, 0.5) is 13.2 Å². The molecule has 0 bridgehead atoms. The second kappa shape index (κ2) is 9.85. The lowest BCUT2D eigenvalue weighted by Crippen LogP contribution is -2.22. The minimum absolute atomic E-state index is 0.0490. The molecule has 5 rings (SSSR count). The van der Waals surface area contributed by atoms with E-state index in [4.69, 9.17) is 23.2 Å². The number of carboxylic acid groups (broad SMARTS) is 1. The highest BCUT2D eigenvalue weighted by atomic mass is 35.5. The lowest BCUT2D eigenvalue weighted by atomic mass is 10.1. The number of hydrogen-bond donors (Lipinski definition) is 1. The highest BCUT2D eigenvalue weighted by Crippen LogP contribution is 2.31. The van der Waals surface area contributed by atoms with E-state index in [0.29, 0.717) is 28.5 Å². The quantitative estimate of drug-likeness (QED) is 0.209. The Morgan fingerprint density at radius 2 is 1.58 bits per heavy atom. The normalized spacial score (nSPS) is 11.9. The number of para-hydroxylation sites is 1. The standard InChI is InChI=1S/C28H19Cl2F3N2O3/c29-19-7-5-18(23(30)12-19)14-35-13-17(20-3-1-2-4-24(20)35)9-10-34-15-22(26(36)28(31,32)33)21-11-16(27(37)38)6-8-25(21)34/h1-8,11-13,15H,9-10,14H2,(H,37,38). The number of carboxylic acids is 1. The minimum Gasteiger partial charge on any atom is -0.478 e. The van der Waals surface area contributed by atoms with Crippen molar-refractivity contribution in [1.82, 2.24) is 9.13 Å². The summed E-state index contributed by atoms with van der Waals surface area (Å²) < 4.78 is 43.5. The zero-order valence-corrected chi connectivity index (χ0v) is 21.1. The minimum atomic E-state index is -5.09. The molecule has 0 atom stereocenters. The van der Waals surface area contributed by atoms with E-state index in [1.807, 2.05) is 41.1 Å². The number of alkyl halides is 3.